The predicted molar refractivity (Wildman–Crippen MR) is 111 cm³/mol. The third kappa shape index (κ3) is 3.30. The fourth-order valence-corrected chi connectivity index (χ4v) is 4.95. The monoisotopic (exact) mass is 402 g/mol. The lowest BCUT2D eigenvalue weighted by Gasteiger charge is -2.05. The molecule has 25 heavy (non-hydrogen) atoms. The minimum Gasteiger partial charge on any atom is -0.195 e. The van der Waals surface area contributed by atoms with Crippen molar-refractivity contribution < 1.29 is 0 Å². The number of benzene rings is 2. The van der Waals surface area contributed by atoms with Gasteiger partial charge in [-0.15, -0.1) is 10.2 Å². The molecule has 0 aliphatic carbocycles. The Hall–Kier alpha value is -1.88. The average Bonchev–Trinajstić information content (AvgIpc) is 3.26. The third-order valence-corrected chi connectivity index (χ3v) is 6.25. The number of thiocarbonyl (C=S) groups is 2. The molecular weight excluding hydrogens is 392 g/mol. The van der Waals surface area contributed by atoms with E-state index in [9.17, 15) is 0 Å². The van der Waals surface area contributed by atoms with E-state index in [-0.39, 0.29) is 0 Å². The molecule has 0 N–H and O–H groups in total. The Morgan fingerprint density at radius 2 is 1.20 bits per heavy atom. The maximum Gasteiger partial charge on any atom is 0.164 e. The summed E-state index contributed by atoms with van der Waals surface area (Å²) in [7, 11) is 0. The van der Waals surface area contributed by atoms with E-state index in [1.54, 1.807) is 9.36 Å². The minimum atomic E-state index is 0.632. The Balaban J connectivity index is 1.42. The van der Waals surface area contributed by atoms with E-state index in [4.69, 9.17) is 24.4 Å². The molecule has 0 bridgehead atoms. The normalized spacial score (nSPS) is 11.2. The SMILES string of the molecule is S=C(SCSC(=S)n1nnc2ccccc21)n1nnc2ccccc21. The van der Waals surface area contributed by atoms with Crippen molar-refractivity contribution in [2.24, 2.45) is 0 Å². The summed E-state index contributed by atoms with van der Waals surface area (Å²) in [6.45, 7) is 0. The Morgan fingerprint density at radius 1 is 0.760 bits per heavy atom. The molecule has 0 saturated heterocycles. The largest absolute Gasteiger partial charge is 0.195 e. The molecule has 0 unspecified atom stereocenters. The number of para-hydroxylation sites is 2. The van der Waals surface area contributed by atoms with Gasteiger partial charge in [-0.2, -0.15) is 9.36 Å². The van der Waals surface area contributed by atoms with Gasteiger partial charge >= 0.3 is 0 Å². The zero-order valence-corrected chi connectivity index (χ0v) is 15.9. The summed E-state index contributed by atoms with van der Waals surface area (Å²) >= 11 is 13.9. The van der Waals surface area contributed by atoms with Crippen LogP contribution in [0.25, 0.3) is 22.1 Å². The smallest absolute Gasteiger partial charge is 0.164 e. The van der Waals surface area contributed by atoms with Gasteiger partial charge in [-0.1, -0.05) is 82.7 Å². The maximum absolute atomic E-state index is 5.46. The van der Waals surface area contributed by atoms with Crippen molar-refractivity contribution in [3.8, 4) is 0 Å². The van der Waals surface area contributed by atoms with Crippen LogP contribution in [0.3, 0.4) is 0 Å². The molecule has 0 atom stereocenters. The van der Waals surface area contributed by atoms with Gasteiger partial charge in [0.15, 0.2) is 8.64 Å². The summed E-state index contributed by atoms with van der Waals surface area (Å²) in [5, 5.41) is 17.1. The van der Waals surface area contributed by atoms with Crippen LogP contribution in [-0.2, 0) is 0 Å². The molecule has 0 aliphatic heterocycles. The predicted octanol–water partition coefficient (Wildman–Crippen LogP) is 3.57. The van der Waals surface area contributed by atoms with Gasteiger partial charge in [0.1, 0.15) is 11.0 Å². The van der Waals surface area contributed by atoms with Crippen molar-refractivity contribution in [1.82, 2.24) is 30.0 Å². The second-order valence-electron chi connectivity index (χ2n) is 4.92. The summed E-state index contributed by atoms with van der Waals surface area (Å²) in [5.41, 5.74) is 3.44. The lowest BCUT2D eigenvalue weighted by atomic mass is 10.3. The topological polar surface area (TPSA) is 61.4 Å². The molecule has 4 aromatic rings. The van der Waals surface area contributed by atoms with E-state index in [1.165, 1.54) is 23.5 Å². The Morgan fingerprint density at radius 3 is 1.68 bits per heavy atom. The summed E-state index contributed by atoms with van der Waals surface area (Å²) in [5.74, 6) is 0. The summed E-state index contributed by atoms with van der Waals surface area (Å²) < 4.78 is 4.60. The van der Waals surface area contributed by atoms with Crippen molar-refractivity contribution in [3.63, 3.8) is 0 Å². The first-order chi connectivity index (χ1) is 12.2. The van der Waals surface area contributed by atoms with Gasteiger partial charge in [0, 0.05) is 0 Å². The lowest BCUT2D eigenvalue weighted by molar-refractivity contribution is 0.880. The molecule has 0 aliphatic rings. The second kappa shape index (κ2) is 7.16. The molecular formula is C15H10N6S4. The van der Waals surface area contributed by atoms with Gasteiger partial charge in [-0.3, -0.25) is 0 Å². The van der Waals surface area contributed by atoms with Crippen LogP contribution in [-0.4, -0.2) is 43.7 Å². The van der Waals surface area contributed by atoms with Gasteiger partial charge in [0.05, 0.1) is 16.1 Å². The standard InChI is InChI=1S/C15H10N6S4/c22-14(20-12-7-3-1-5-10(12)16-18-20)24-9-25-15(23)21-13-8-4-2-6-11(13)17-19-21/h1-8H,9H2. The van der Waals surface area contributed by atoms with E-state index in [0.29, 0.717) is 13.7 Å². The number of hydrogen-bond acceptors (Lipinski definition) is 8. The molecule has 2 aromatic carbocycles. The van der Waals surface area contributed by atoms with Crippen LogP contribution in [0.5, 0.6) is 0 Å². The van der Waals surface area contributed by atoms with E-state index in [2.05, 4.69) is 20.6 Å². The molecule has 0 radical (unpaired) electrons. The first-order valence-electron chi connectivity index (χ1n) is 7.19. The summed E-state index contributed by atoms with van der Waals surface area (Å²) in [6.07, 6.45) is 0. The summed E-state index contributed by atoms with van der Waals surface area (Å²) in [4.78, 5) is 0. The number of aromatic nitrogens is 6. The number of thioether (sulfide) groups is 2. The van der Waals surface area contributed by atoms with Crippen LogP contribution in [0.1, 0.15) is 0 Å². The lowest BCUT2D eigenvalue weighted by Crippen LogP contribution is -2.10. The first-order valence-corrected chi connectivity index (χ1v) is 9.98. The van der Waals surface area contributed by atoms with Gasteiger partial charge in [0.2, 0.25) is 0 Å². The number of nitrogens with zero attached hydrogens (tertiary/aromatic N) is 6. The molecule has 10 heteroatoms. The molecule has 0 spiro atoms. The van der Waals surface area contributed by atoms with Gasteiger partial charge in [-0.05, 0) is 24.3 Å². The van der Waals surface area contributed by atoms with E-state index in [1.807, 2.05) is 48.5 Å². The number of rotatable bonds is 2. The van der Waals surface area contributed by atoms with Crippen molar-refractivity contribution in [3.05, 3.63) is 48.5 Å². The molecule has 4 rings (SSSR count). The van der Waals surface area contributed by atoms with Crippen molar-refractivity contribution in [1.29, 1.82) is 0 Å². The zero-order chi connectivity index (χ0) is 17.2. The van der Waals surface area contributed by atoms with E-state index < -0.39 is 0 Å². The Labute approximate surface area is 162 Å². The highest BCUT2D eigenvalue weighted by Crippen LogP contribution is 2.21. The van der Waals surface area contributed by atoms with Crippen molar-refractivity contribution >= 4 is 78.7 Å². The van der Waals surface area contributed by atoms with Crippen molar-refractivity contribution in [2.45, 2.75) is 0 Å². The molecule has 0 fully saturated rings. The number of fused-ring (bicyclic) bond motifs is 2. The molecule has 2 aromatic heterocycles. The average molecular weight is 403 g/mol. The zero-order valence-electron chi connectivity index (χ0n) is 12.6. The van der Waals surface area contributed by atoms with Gasteiger partial charge < -0.3 is 0 Å². The second-order valence-corrected chi connectivity index (χ2v) is 8.50. The first kappa shape index (κ1) is 16.6. The molecule has 124 valence electrons. The summed E-state index contributed by atoms with van der Waals surface area (Å²) in [6, 6.07) is 15.4. The van der Waals surface area contributed by atoms with Crippen LogP contribution in [0.2, 0.25) is 0 Å². The number of hydrogen-bond donors (Lipinski definition) is 0. The van der Waals surface area contributed by atoms with E-state index >= 15 is 0 Å². The van der Waals surface area contributed by atoms with Crippen molar-refractivity contribution in [2.75, 3.05) is 5.08 Å². The van der Waals surface area contributed by atoms with Crippen LogP contribution in [0.15, 0.2) is 48.5 Å². The third-order valence-electron chi connectivity index (χ3n) is 3.41. The Bertz CT molecular complexity index is 1000. The maximum atomic E-state index is 5.46. The van der Waals surface area contributed by atoms with Crippen LogP contribution >= 0.6 is 48.0 Å². The van der Waals surface area contributed by atoms with Gasteiger partial charge in [0.25, 0.3) is 0 Å². The fourth-order valence-electron chi connectivity index (χ4n) is 2.26. The fraction of sp³-hybridized carbons (Fsp3) is 0.0667. The Kier molecular flexibility index (Phi) is 4.75. The molecule has 2 heterocycles. The van der Waals surface area contributed by atoms with E-state index in [0.717, 1.165) is 22.1 Å². The minimum absolute atomic E-state index is 0.632. The van der Waals surface area contributed by atoms with Crippen LogP contribution in [0.4, 0.5) is 0 Å². The molecule has 6 nitrogen and oxygen atoms in total. The van der Waals surface area contributed by atoms with Gasteiger partial charge in [-0.25, -0.2) is 0 Å². The molecule has 0 saturated carbocycles. The highest BCUT2D eigenvalue weighted by molar-refractivity contribution is 8.35. The highest BCUT2D eigenvalue weighted by Gasteiger charge is 2.12. The van der Waals surface area contributed by atoms with Crippen LogP contribution < -0.4 is 0 Å². The van der Waals surface area contributed by atoms with Crippen LogP contribution in [0, 0.1) is 0 Å². The highest BCUT2D eigenvalue weighted by atomic mass is 32.2. The quantitative estimate of drug-likeness (QED) is 0.373. The molecule has 0 amide bonds.